The maximum Gasteiger partial charge on any atom is 0.308 e. The average Bonchev–Trinajstić information content (AvgIpc) is 2.88. The van der Waals surface area contributed by atoms with Gasteiger partial charge >= 0.3 is 5.97 Å². The first-order valence-electron chi connectivity index (χ1n) is 11.2. The average molecular weight is 544 g/mol. The van der Waals surface area contributed by atoms with Crippen LogP contribution in [0.4, 0.5) is 11.4 Å². The van der Waals surface area contributed by atoms with Gasteiger partial charge in [0.2, 0.25) is 10.0 Å². The van der Waals surface area contributed by atoms with E-state index in [-0.39, 0.29) is 34.3 Å². The number of benzene rings is 3. The number of nitrogens with one attached hydrogen (secondary N) is 1. The molecule has 1 unspecified atom stereocenters. The normalized spacial score (nSPS) is 15.4. The first-order chi connectivity index (χ1) is 17.7. The van der Waals surface area contributed by atoms with E-state index in [9.17, 15) is 28.1 Å². The van der Waals surface area contributed by atoms with E-state index in [4.69, 9.17) is 16.3 Å². The Kier molecular flexibility index (Phi) is 7.86. The SMILES string of the molecule is O=C(COC(=O)CC1c2ccccc2CCN1S(=O)(=O)c1ccccc1)Nc1cc(Cl)ccc1[N+](=O)[O-]. The van der Waals surface area contributed by atoms with Crippen molar-refractivity contribution in [2.45, 2.75) is 23.8 Å². The van der Waals surface area contributed by atoms with Gasteiger partial charge in [0.05, 0.1) is 22.3 Å². The third-order valence-corrected chi connectivity index (χ3v) is 8.02. The maximum atomic E-state index is 13.4. The van der Waals surface area contributed by atoms with Gasteiger partial charge in [0.25, 0.3) is 11.6 Å². The minimum atomic E-state index is -3.92. The fourth-order valence-electron chi connectivity index (χ4n) is 4.17. The van der Waals surface area contributed by atoms with E-state index in [0.717, 1.165) is 11.6 Å². The van der Waals surface area contributed by atoms with Crippen LogP contribution in [-0.2, 0) is 30.8 Å². The molecular formula is C25H22ClN3O7S. The smallest absolute Gasteiger partial charge is 0.308 e. The van der Waals surface area contributed by atoms with Crippen molar-refractivity contribution in [1.29, 1.82) is 0 Å². The van der Waals surface area contributed by atoms with Gasteiger partial charge in [-0.25, -0.2) is 8.42 Å². The van der Waals surface area contributed by atoms with E-state index in [1.807, 2.05) is 12.1 Å². The summed E-state index contributed by atoms with van der Waals surface area (Å²) in [5.41, 5.74) is 1.10. The number of amides is 1. The summed E-state index contributed by atoms with van der Waals surface area (Å²) in [5, 5.41) is 13.7. The standard InChI is InChI=1S/C25H22ClN3O7S/c26-18-10-11-22(29(32)33)21(14-18)27-24(30)16-36-25(31)15-23-20-9-5-4-6-17(20)12-13-28(23)37(34,35)19-7-2-1-3-8-19/h1-11,14,23H,12-13,15-16H2,(H,27,30). The predicted molar refractivity (Wildman–Crippen MR) is 136 cm³/mol. The Hall–Kier alpha value is -3.80. The van der Waals surface area contributed by atoms with E-state index >= 15 is 0 Å². The Bertz CT molecular complexity index is 1450. The Labute approximate surface area is 218 Å². The summed E-state index contributed by atoms with van der Waals surface area (Å²) in [6.07, 6.45) is 0.155. The third kappa shape index (κ3) is 5.96. The molecule has 1 aliphatic heterocycles. The van der Waals surface area contributed by atoms with Crippen LogP contribution in [0.5, 0.6) is 0 Å². The molecule has 37 heavy (non-hydrogen) atoms. The second kappa shape index (κ2) is 11.1. The highest BCUT2D eigenvalue weighted by atomic mass is 35.5. The van der Waals surface area contributed by atoms with Gasteiger partial charge in [0.1, 0.15) is 5.69 Å². The lowest BCUT2D eigenvalue weighted by Crippen LogP contribution is -2.41. The number of hydrogen-bond acceptors (Lipinski definition) is 7. The summed E-state index contributed by atoms with van der Waals surface area (Å²) >= 11 is 5.86. The quantitative estimate of drug-likeness (QED) is 0.256. The number of halogens is 1. The number of rotatable bonds is 8. The zero-order chi connectivity index (χ0) is 26.6. The first kappa shape index (κ1) is 26.3. The zero-order valence-electron chi connectivity index (χ0n) is 19.4. The van der Waals surface area contributed by atoms with Crippen LogP contribution < -0.4 is 5.32 Å². The molecule has 4 rings (SSSR count). The van der Waals surface area contributed by atoms with Gasteiger partial charge in [0.15, 0.2) is 6.61 Å². The monoisotopic (exact) mass is 543 g/mol. The van der Waals surface area contributed by atoms with Gasteiger partial charge in [-0.05, 0) is 41.8 Å². The van der Waals surface area contributed by atoms with Crippen molar-refractivity contribution >= 4 is 44.9 Å². The summed E-state index contributed by atoms with van der Waals surface area (Å²) in [7, 11) is -3.92. The molecule has 1 N–H and O–H groups in total. The van der Waals surface area contributed by atoms with Gasteiger partial charge in [-0.1, -0.05) is 54.1 Å². The highest BCUT2D eigenvalue weighted by Gasteiger charge is 2.37. The Morgan fingerprint density at radius 1 is 1.08 bits per heavy atom. The van der Waals surface area contributed by atoms with Crippen LogP contribution in [0.2, 0.25) is 5.02 Å². The zero-order valence-corrected chi connectivity index (χ0v) is 20.9. The van der Waals surface area contributed by atoms with Crippen molar-refractivity contribution in [3.05, 3.63) is 99.1 Å². The van der Waals surface area contributed by atoms with Crippen LogP contribution in [0.25, 0.3) is 0 Å². The van der Waals surface area contributed by atoms with Crippen molar-refractivity contribution in [3.63, 3.8) is 0 Å². The van der Waals surface area contributed by atoms with Crippen molar-refractivity contribution in [1.82, 2.24) is 4.31 Å². The maximum absolute atomic E-state index is 13.4. The van der Waals surface area contributed by atoms with E-state index in [2.05, 4.69) is 5.32 Å². The van der Waals surface area contributed by atoms with Gasteiger partial charge in [-0.2, -0.15) is 4.31 Å². The first-order valence-corrected chi connectivity index (χ1v) is 13.0. The molecular weight excluding hydrogens is 522 g/mol. The Morgan fingerprint density at radius 3 is 2.51 bits per heavy atom. The topological polar surface area (TPSA) is 136 Å². The van der Waals surface area contributed by atoms with Crippen LogP contribution in [0, 0.1) is 10.1 Å². The molecule has 10 nitrogen and oxygen atoms in total. The minimum Gasteiger partial charge on any atom is -0.456 e. The molecule has 1 aliphatic rings. The third-order valence-electron chi connectivity index (χ3n) is 5.87. The highest BCUT2D eigenvalue weighted by Crippen LogP contribution is 2.36. The fourth-order valence-corrected chi connectivity index (χ4v) is 5.97. The molecule has 0 aliphatic carbocycles. The van der Waals surface area contributed by atoms with Crippen LogP contribution in [0.3, 0.4) is 0 Å². The number of carbonyl (C=O) groups is 2. The lowest BCUT2D eigenvalue weighted by molar-refractivity contribution is -0.383. The number of hydrogen-bond donors (Lipinski definition) is 1. The van der Waals surface area contributed by atoms with Gasteiger partial charge in [-0.15, -0.1) is 0 Å². The summed E-state index contributed by atoms with van der Waals surface area (Å²) in [6.45, 7) is -0.548. The second-order valence-electron chi connectivity index (χ2n) is 8.22. The van der Waals surface area contributed by atoms with Crippen molar-refractivity contribution in [2.75, 3.05) is 18.5 Å². The lowest BCUT2D eigenvalue weighted by atomic mass is 9.92. The number of nitrogens with zero attached hydrogens (tertiary/aromatic N) is 2. The number of anilines is 1. The molecule has 1 amide bonds. The highest BCUT2D eigenvalue weighted by molar-refractivity contribution is 7.89. The molecule has 0 radical (unpaired) electrons. The molecule has 192 valence electrons. The van der Waals surface area contributed by atoms with E-state index in [0.29, 0.717) is 12.0 Å². The van der Waals surface area contributed by atoms with E-state index < -0.39 is 39.5 Å². The number of fused-ring (bicyclic) bond motifs is 1. The van der Waals surface area contributed by atoms with Crippen molar-refractivity contribution in [2.24, 2.45) is 0 Å². The van der Waals surface area contributed by atoms with E-state index in [1.54, 1.807) is 30.3 Å². The molecule has 1 heterocycles. The van der Waals surface area contributed by atoms with E-state index in [1.165, 1.54) is 28.6 Å². The molecule has 0 aromatic heterocycles. The fraction of sp³-hybridized carbons (Fsp3) is 0.200. The molecule has 1 atom stereocenters. The van der Waals surface area contributed by atoms with Gasteiger partial charge in [-0.3, -0.25) is 19.7 Å². The predicted octanol–water partition coefficient (Wildman–Crippen LogP) is 4.11. The number of ether oxygens (including phenoxy) is 1. The number of sulfonamides is 1. The largest absolute Gasteiger partial charge is 0.456 e. The second-order valence-corrected chi connectivity index (χ2v) is 10.6. The number of esters is 1. The molecule has 12 heteroatoms. The van der Waals surface area contributed by atoms with Crippen LogP contribution in [0.15, 0.2) is 77.7 Å². The summed E-state index contributed by atoms with van der Waals surface area (Å²) in [4.78, 5) is 35.7. The lowest BCUT2D eigenvalue weighted by Gasteiger charge is -2.36. The molecule has 0 bridgehead atoms. The van der Waals surface area contributed by atoms with Crippen LogP contribution in [-0.4, -0.2) is 42.7 Å². The summed E-state index contributed by atoms with van der Waals surface area (Å²) in [5.74, 6) is -1.61. The minimum absolute atomic E-state index is 0.107. The molecule has 0 fully saturated rings. The summed E-state index contributed by atoms with van der Waals surface area (Å²) < 4.78 is 33.2. The molecule has 0 saturated carbocycles. The van der Waals surface area contributed by atoms with Crippen molar-refractivity contribution in [3.8, 4) is 0 Å². The molecule has 0 spiro atoms. The van der Waals surface area contributed by atoms with Gasteiger partial charge < -0.3 is 10.1 Å². The number of nitro benzene ring substituents is 1. The van der Waals surface area contributed by atoms with Crippen molar-refractivity contribution < 1.29 is 27.7 Å². The number of carbonyl (C=O) groups excluding carboxylic acids is 2. The van der Waals surface area contributed by atoms with Crippen LogP contribution in [0.1, 0.15) is 23.6 Å². The van der Waals surface area contributed by atoms with Crippen LogP contribution >= 0.6 is 11.6 Å². The molecule has 3 aromatic carbocycles. The van der Waals surface area contributed by atoms with Gasteiger partial charge in [0, 0.05) is 17.6 Å². The number of nitro groups is 1. The Balaban J connectivity index is 1.49. The molecule has 0 saturated heterocycles. The molecule has 3 aromatic rings. The summed E-state index contributed by atoms with van der Waals surface area (Å²) in [6, 6.07) is 18.0. The Morgan fingerprint density at radius 2 is 1.78 bits per heavy atom.